The molecule has 3 fully saturated rings. The molecule has 0 aliphatic carbocycles. The summed E-state index contributed by atoms with van der Waals surface area (Å²) >= 11 is 1.94. The highest BCUT2D eigenvalue weighted by atomic mass is 32.1. The van der Waals surface area contributed by atoms with Crippen molar-refractivity contribution in [3.8, 4) is 0 Å². The number of hydrogen-bond donors (Lipinski definition) is 3. The summed E-state index contributed by atoms with van der Waals surface area (Å²) in [6.07, 6.45) is 6.48. The Kier molecular flexibility index (Phi) is 7.19. The van der Waals surface area contributed by atoms with Crippen LogP contribution in [0.3, 0.4) is 0 Å². The first-order valence-electron chi connectivity index (χ1n) is 13.3. The zero-order chi connectivity index (χ0) is 23.5. The Morgan fingerprint density at radius 2 is 1.59 bits per heavy atom. The first kappa shape index (κ1) is 23.7. The van der Waals surface area contributed by atoms with Crippen LogP contribution in [0.5, 0.6) is 0 Å². The van der Waals surface area contributed by atoms with E-state index in [2.05, 4.69) is 69.1 Å². The van der Waals surface area contributed by atoms with Crippen LogP contribution in [0.1, 0.15) is 54.5 Å². The molecule has 6 heteroatoms. The van der Waals surface area contributed by atoms with Crippen LogP contribution in [0.15, 0.2) is 36.4 Å². The summed E-state index contributed by atoms with van der Waals surface area (Å²) in [5.41, 5.74) is 5.99. The molecule has 184 valence electrons. The number of piperidine rings is 1. The van der Waals surface area contributed by atoms with Crippen LogP contribution >= 0.6 is 11.3 Å². The van der Waals surface area contributed by atoms with Crippen molar-refractivity contribution in [3.63, 3.8) is 0 Å². The largest absolute Gasteiger partial charge is 0.373 e. The van der Waals surface area contributed by atoms with E-state index in [9.17, 15) is 0 Å². The lowest BCUT2D eigenvalue weighted by atomic mass is 9.78. The average molecular weight is 480 g/mol. The van der Waals surface area contributed by atoms with Crippen molar-refractivity contribution in [3.05, 3.63) is 51.7 Å². The molecule has 0 saturated carbocycles. The van der Waals surface area contributed by atoms with Crippen molar-refractivity contribution >= 4 is 28.4 Å². The number of nitrogens with one attached hydrogen (secondary N) is 3. The summed E-state index contributed by atoms with van der Waals surface area (Å²) < 4.78 is 0. The molecule has 1 spiro atoms. The van der Waals surface area contributed by atoms with Crippen molar-refractivity contribution in [2.75, 3.05) is 62.6 Å². The molecule has 3 N–H and O–H groups in total. The minimum Gasteiger partial charge on any atom is -0.373 e. The molecule has 0 radical (unpaired) electrons. The Morgan fingerprint density at radius 3 is 2.32 bits per heavy atom. The Balaban J connectivity index is 0.00000117. The predicted octanol–water partition coefficient (Wildman–Crippen LogP) is 5.08. The number of piperazine rings is 1. The van der Waals surface area contributed by atoms with Gasteiger partial charge in [0.25, 0.3) is 0 Å². The van der Waals surface area contributed by atoms with Crippen LogP contribution in [-0.4, -0.2) is 57.3 Å². The number of anilines is 2. The normalized spacial score (nSPS) is 23.6. The third-order valence-electron chi connectivity index (χ3n) is 7.90. The number of thiophene rings is 1. The highest BCUT2D eigenvalue weighted by molar-refractivity contribution is 7.13. The summed E-state index contributed by atoms with van der Waals surface area (Å²) in [4.78, 5) is 8.00. The Bertz CT molecular complexity index is 983. The summed E-state index contributed by atoms with van der Waals surface area (Å²) in [5.74, 6) is 0. The number of fused-ring (bicyclic) bond motifs is 1. The Labute approximate surface area is 209 Å². The Hall–Kier alpha value is -2.02. The van der Waals surface area contributed by atoms with Gasteiger partial charge in [-0.1, -0.05) is 26.0 Å². The van der Waals surface area contributed by atoms with E-state index in [0.717, 1.165) is 26.2 Å². The van der Waals surface area contributed by atoms with Gasteiger partial charge in [-0.05, 0) is 74.5 Å². The molecule has 6 rings (SSSR count). The van der Waals surface area contributed by atoms with Crippen LogP contribution in [0.4, 0.5) is 11.4 Å². The van der Waals surface area contributed by atoms with Gasteiger partial charge in [0.1, 0.15) is 0 Å². The molecule has 2 aromatic rings. The third-order valence-corrected chi connectivity index (χ3v) is 8.97. The minimum absolute atomic E-state index is 0.230. The maximum atomic E-state index is 3.83. The van der Waals surface area contributed by atoms with Crippen molar-refractivity contribution in [2.45, 2.75) is 46.1 Å². The van der Waals surface area contributed by atoms with E-state index in [4.69, 9.17) is 0 Å². The van der Waals surface area contributed by atoms with Crippen molar-refractivity contribution in [1.29, 1.82) is 0 Å². The summed E-state index contributed by atoms with van der Waals surface area (Å²) in [6.45, 7) is 15.3. The van der Waals surface area contributed by atoms with Crippen LogP contribution in [-0.2, 0) is 0 Å². The van der Waals surface area contributed by atoms with Crippen LogP contribution < -0.4 is 20.9 Å². The molecule has 1 unspecified atom stereocenters. The molecule has 0 bridgehead atoms. The second-order valence-corrected chi connectivity index (χ2v) is 11.3. The lowest BCUT2D eigenvalue weighted by Gasteiger charge is -2.35. The van der Waals surface area contributed by atoms with Crippen LogP contribution in [0, 0.1) is 12.3 Å². The van der Waals surface area contributed by atoms with Gasteiger partial charge >= 0.3 is 0 Å². The second-order valence-electron chi connectivity index (χ2n) is 10.0. The Morgan fingerprint density at radius 1 is 0.882 bits per heavy atom. The fraction of sp³-hybridized carbons (Fsp3) is 0.571. The van der Waals surface area contributed by atoms with Gasteiger partial charge in [0.15, 0.2) is 0 Å². The number of rotatable bonds is 3. The molecule has 4 aliphatic heterocycles. The van der Waals surface area contributed by atoms with E-state index < -0.39 is 0 Å². The van der Waals surface area contributed by atoms with E-state index in [1.165, 1.54) is 77.8 Å². The summed E-state index contributed by atoms with van der Waals surface area (Å²) in [7, 11) is 0. The van der Waals surface area contributed by atoms with Gasteiger partial charge in [0.05, 0.1) is 22.3 Å². The predicted molar refractivity (Wildman–Crippen MR) is 147 cm³/mol. The van der Waals surface area contributed by atoms with E-state index in [1.807, 2.05) is 25.2 Å². The number of benzene rings is 1. The van der Waals surface area contributed by atoms with E-state index in [-0.39, 0.29) is 6.04 Å². The van der Waals surface area contributed by atoms with Crippen LogP contribution in [0.25, 0.3) is 5.70 Å². The zero-order valence-electron chi connectivity index (χ0n) is 21.1. The molecule has 0 amide bonds. The first-order chi connectivity index (χ1) is 16.7. The fourth-order valence-corrected chi connectivity index (χ4v) is 7.03. The standard InChI is InChI=1S/C26H35N5S.C2H6/c1-19-16-23-25(32-19)24(31-13-8-26(18-31)6-9-27-10-7-26)17-22(29-23)20-2-4-21(5-3-20)30-14-11-28-12-15-30;1-2/h2-5,16-17,22,27-29H,6-15,18H2,1H3;1-2H3. The fourth-order valence-electron chi connectivity index (χ4n) is 6.00. The van der Waals surface area contributed by atoms with Crippen molar-refractivity contribution < 1.29 is 0 Å². The number of aryl methyl sites for hydroxylation is 1. The highest BCUT2D eigenvalue weighted by Crippen LogP contribution is 2.47. The van der Waals surface area contributed by atoms with Gasteiger partial charge in [-0.25, -0.2) is 0 Å². The van der Waals surface area contributed by atoms with Gasteiger partial charge in [-0.15, -0.1) is 11.3 Å². The summed E-state index contributed by atoms with van der Waals surface area (Å²) in [6, 6.07) is 11.8. The maximum absolute atomic E-state index is 3.83. The lowest BCUT2D eigenvalue weighted by molar-refractivity contribution is 0.215. The SMILES string of the molecule is CC.Cc1cc2c(s1)C(N1CCC3(CCNCC3)C1)=CC(c1ccc(N3CCNCC3)cc1)N2. The molecule has 3 saturated heterocycles. The molecule has 34 heavy (non-hydrogen) atoms. The molecule has 4 aliphatic rings. The molecule has 1 aromatic carbocycles. The van der Waals surface area contributed by atoms with Crippen molar-refractivity contribution in [2.24, 2.45) is 5.41 Å². The third kappa shape index (κ3) is 4.73. The van der Waals surface area contributed by atoms with E-state index in [1.54, 1.807) is 0 Å². The molecular formula is C28H41N5S. The number of nitrogens with zero attached hydrogens (tertiary/aromatic N) is 2. The topological polar surface area (TPSA) is 42.6 Å². The summed E-state index contributed by atoms with van der Waals surface area (Å²) in [5, 5.41) is 10.8. The van der Waals surface area contributed by atoms with Gasteiger partial charge in [-0.2, -0.15) is 0 Å². The maximum Gasteiger partial charge on any atom is 0.0736 e. The molecule has 1 atom stereocenters. The lowest BCUT2D eigenvalue weighted by Crippen LogP contribution is -2.43. The van der Waals surface area contributed by atoms with Gasteiger partial charge < -0.3 is 25.8 Å². The zero-order valence-corrected chi connectivity index (χ0v) is 21.9. The van der Waals surface area contributed by atoms with Gasteiger partial charge in [-0.3, -0.25) is 0 Å². The number of likely N-dealkylation sites (tertiary alicyclic amines) is 1. The van der Waals surface area contributed by atoms with Crippen LogP contribution in [0.2, 0.25) is 0 Å². The van der Waals surface area contributed by atoms with Gasteiger partial charge in [0.2, 0.25) is 0 Å². The smallest absolute Gasteiger partial charge is 0.0736 e. The molecule has 5 nitrogen and oxygen atoms in total. The quantitative estimate of drug-likeness (QED) is 0.573. The minimum atomic E-state index is 0.230. The van der Waals surface area contributed by atoms with Crippen molar-refractivity contribution in [1.82, 2.24) is 15.5 Å². The monoisotopic (exact) mass is 479 g/mol. The first-order valence-corrected chi connectivity index (χ1v) is 14.1. The number of hydrogen-bond acceptors (Lipinski definition) is 6. The highest BCUT2D eigenvalue weighted by Gasteiger charge is 2.40. The average Bonchev–Trinajstić information content (AvgIpc) is 3.48. The molecular weight excluding hydrogens is 438 g/mol. The molecule has 5 heterocycles. The second kappa shape index (κ2) is 10.3. The molecule has 1 aromatic heterocycles. The van der Waals surface area contributed by atoms with E-state index in [0.29, 0.717) is 5.41 Å². The van der Waals surface area contributed by atoms with E-state index >= 15 is 0 Å². The van der Waals surface area contributed by atoms with Gasteiger partial charge in [0, 0.05) is 49.8 Å².